The molecule has 2 rings (SSSR count). The van der Waals surface area contributed by atoms with Crippen molar-refractivity contribution in [2.45, 2.75) is 6.92 Å². The molecule has 0 aliphatic rings. The molecule has 0 saturated carbocycles. The standard InChI is InChI=1S/C11H4F6/c1-3-6-4(8(14)11(17)7(3)13)2-5(12)9(15)10(6)16/h2H,1H3. The van der Waals surface area contributed by atoms with Gasteiger partial charge in [0.15, 0.2) is 34.9 Å². The Hall–Kier alpha value is -1.72. The zero-order chi connectivity index (χ0) is 12.9. The third-order valence-corrected chi connectivity index (χ3v) is 2.49. The number of aryl methyl sites for hydroxylation is 1. The van der Waals surface area contributed by atoms with E-state index in [0.717, 1.165) is 6.92 Å². The molecule has 17 heavy (non-hydrogen) atoms. The van der Waals surface area contributed by atoms with Crippen molar-refractivity contribution in [2.24, 2.45) is 0 Å². The summed E-state index contributed by atoms with van der Waals surface area (Å²) < 4.78 is 78.5. The minimum atomic E-state index is -1.86. The van der Waals surface area contributed by atoms with Gasteiger partial charge in [0.2, 0.25) is 0 Å². The second-order valence-corrected chi connectivity index (χ2v) is 3.48. The predicted molar refractivity (Wildman–Crippen MR) is 48.4 cm³/mol. The summed E-state index contributed by atoms with van der Waals surface area (Å²) in [5.74, 6) is -10.5. The molecule has 0 saturated heterocycles. The number of benzene rings is 2. The summed E-state index contributed by atoms with van der Waals surface area (Å²) in [4.78, 5) is 0. The second-order valence-electron chi connectivity index (χ2n) is 3.48. The van der Waals surface area contributed by atoms with Crippen molar-refractivity contribution in [3.8, 4) is 0 Å². The summed E-state index contributed by atoms with van der Waals surface area (Å²) >= 11 is 0. The number of hydrogen-bond donors (Lipinski definition) is 0. The molecular weight excluding hydrogens is 246 g/mol. The van der Waals surface area contributed by atoms with Gasteiger partial charge in [-0.2, -0.15) is 0 Å². The Morgan fingerprint density at radius 2 is 1.29 bits per heavy atom. The van der Waals surface area contributed by atoms with Crippen molar-refractivity contribution in [2.75, 3.05) is 0 Å². The SMILES string of the molecule is Cc1c(F)c(F)c(F)c2cc(F)c(F)c(F)c12. The summed E-state index contributed by atoms with van der Waals surface area (Å²) in [5, 5.41) is -1.64. The van der Waals surface area contributed by atoms with Crippen LogP contribution in [0.2, 0.25) is 0 Å². The van der Waals surface area contributed by atoms with E-state index in [9.17, 15) is 26.3 Å². The fourth-order valence-corrected chi connectivity index (χ4v) is 1.62. The van der Waals surface area contributed by atoms with Crippen molar-refractivity contribution >= 4 is 10.8 Å². The lowest BCUT2D eigenvalue weighted by Crippen LogP contribution is -2.02. The van der Waals surface area contributed by atoms with Crippen LogP contribution in [0.5, 0.6) is 0 Å². The van der Waals surface area contributed by atoms with Gasteiger partial charge in [-0.1, -0.05) is 0 Å². The zero-order valence-corrected chi connectivity index (χ0v) is 8.35. The van der Waals surface area contributed by atoms with Crippen molar-refractivity contribution in [1.82, 2.24) is 0 Å². The van der Waals surface area contributed by atoms with Crippen LogP contribution in [-0.4, -0.2) is 0 Å². The molecule has 0 nitrogen and oxygen atoms in total. The highest BCUT2D eigenvalue weighted by atomic mass is 19.2. The van der Waals surface area contributed by atoms with Crippen LogP contribution < -0.4 is 0 Å². The first kappa shape index (κ1) is 11.8. The molecule has 6 heteroatoms. The number of rotatable bonds is 0. The van der Waals surface area contributed by atoms with E-state index in [4.69, 9.17) is 0 Å². The van der Waals surface area contributed by atoms with E-state index in [2.05, 4.69) is 0 Å². The molecule has 0 N–H and O–H groups in total. The van der Waals surface area contributed by atoms with Gasteiger partial charge in [-0.15, -0.1) is 0 Å². The van der Waals surface area contributed by atoms with Gasteiger partial charge in [0.1, 0.15) is 0 Å². The van der Waals surface area contributed by atoms with Crippen LogP contribution in [0.3, 0.4) is 0 Å². The Morgan fingerprint density at radius 3 is 1.88 bits per heavy atom. The summed E-state index contributed by atoms with van der Waals surface area (Å²) in [6.07, 6.45) is 0. The third-order valence-electron chi connectivity index (χ3n) is 2.49. The highest BCUT2D eigenvalue weighted by molar-refractivity contribution is 5.87. The predicted octanol–water partition coefficient (Wildman–Crippen LogP) is 3.98. The highest BCUT2D eigenvalue weighted by Gasteiger charge is 2.23. The molecule has 0 aromatic heterocycles. The average Bonchev–Trinajstić information content (AvgIpc) is 2.30. The first-order chi connectivity index (χ1) is 7.86. The fourth-order valence-electron chi connectivity index (χ4n) is 1.62. The van der Waals surface area contributed by atoms with Crippen LogP contribution in [0.4, 0.5) is 26.3 Å². The van der Waals surface area contributed by atoms with Crippen LogP contribution in [0, 0.1) is 41.8 Å². The van der Waals surface area contributed by atoms with Crippen LogP contribution in [0.25, 0.3) is 10.8 Å². The lowest BCUT2D eigenvalue weighted by Gasteiger charge is -2.08. The van der Waals surface area contributed by atoms with E-state index in [1.807, 2.05) is 0 Å². The largest absolute Gasteiger partial charge is 0.204 e. The van der Waals surface area contributed by atoms with E-state index in [1.54, 1.807) is 0 Å². The number of hydrogen-bond acceptors (Lipinski definition) is 0. The quantitative estimate of drug-likeness (QED) is 0.490. The Bertz CT molecular complexity index is 624. The molecule has 0 fully saturated rings. The van der Waals surface area contributed by atoms with Gasteiger partial charge in [-0.05, 0) is 18.6 Å². The molecule has 0 atom stereocenters. The van der Waals surface area contributed by atoms with E-state index in [-0.39, 0.29) is 0 Å². The topological polar surface area (TPSA) is 0 Å². The van der Waals surface area contributed by atoms with Crippen LogP contribution in [0.15, 0.2) is 6.07 Å². The Balaban J connectivity index is 3.12. The molecule has 0 unspecified atom stereocenters. The first-order valence-electron chi connectivity index (χ1n) is 4.46. The van der Waals surface area contributed by atoms with Crippen molar-refractivity contribution < 1.29 is 26.3 Å². The third kappa shape index (κ3) is 1.47. The lowest BCUT2D eigenvalue weighted by atomic mass is 10.0. The molecule has 2 aromatic rings. The zero-order valence-electron chi connectivity index (χ0n) is 8.35. The molecule has 0 radical (unpaired) electrons. The molecule has 2 aromatic carbocycles. The molecule has 0 spiro atoms. The van der Waals surface area contributed by atoms with Crippen molar-refractivity contribution in [3.63, 3.8) is 0 Å². The van der Waals surface area contributed by atoms with Crippen LogP contribution >= 0.6 is 0 Å². The summed E-state index contributed by atoms with van der Waals surface area (Å²) in [7, 11) is 0. The normalized spacial score (nSPS) is 11.2. The van der Waals surface area contributed by atoms with Crippen molar-refractivity contribution in [1.29, 1.82) is 0 Å². The maximum Gasteiger partial charge on any atom is 0.195 e. The summed E-state index contributed by atoms with van der Waals surface area (Å²) in [6, 6.07) is 0.290. The maximum absolute atomic E-state index is 13.3. The Morgan fingerprint density at radius 1 is 0.706 bits per heavy atom. The van der Waals surface area contributed by atoms with Gasteiger partial charge in [-0.3, -0.25) is 0 Å². The Labute approximate surface area is 91.5 Å². The highest BCUT2D eigenvalue weighted by Crippen LogP contribution is 2.31. The van der Waals surface area contributed by atoms with Gasteiger partial charge in [0, 0.05) is 10.8 Å². The van der Waals surface area contributed by atoms with Crippen LogP contribution in [-0.2, 0) is 0 Å². The molecule has 0 bridgehead atoms. The number of halogens is 6. The first-order valence-corrected chi connectivity index (χ1v) is 4.46. The molecule has 90 valence electrons. The lowest BCUT2D eigenvalue weighted by molar-refractivity contribution is 0.439. The molecule has 0 aliphatic carbocycles. The fraction of sp³-hybridized carbons (Fsp3) is 0.0909. The molecular formula is C11H4F6. The average molecular weight is 250 g/mol. The van der Waals surface area contributed by atoms with E-state index < -0.39 is 51.2 Å². The van der Waals surface area contributed by atoms with E-state index in [0.29, 0.717) is 6.07 Å². The van der Waals surface area contributed by atoms with Gasteiger partial charge in [-0.25, -0.2) is 26.3 Å². The molecule has 0 amide bonds. The summed E-state index contributed by atoms with van der Waals surface area (Å²) in [6.45, 7) is 0.945. The molecule has 0 aliphatic heterocycles. The van der Waals surface area contributed by atoms with Gasteiger partial charge in [0.25, 0.3) is 0 Å². The number of fused-ring (bicyclic) bond motifs is 1. The monoisotopic (exact) mass is 250 g/mol. The summed E-state index contributed by atoms with van der Waals surface area (Å²) in [5.41, 5.74) is -0.615. The van der Waals surface area contributed by atoms with Gasteiger partial charge in [0.05, 0.1) is 0 Å². The Kier molecular flexibility index (Phi) is 2.52. The van der Waals surface area contributed by atoms with Crippen molar-refractivity contribution in [3.05, 3.63) is 46.5 Å². The molecule has 0 heterocycles. The van der Waals surface area contributed by atoms with Gasteiger partial charge < -0.3 is 0 Å². The van der Waals surface area contributed by atoms with E-state index in [1.165, 1.54) is 0 Å². The maximum atomic E-state index is 13.3. The van der Waals surface area contributed by atoms with Crippen LogP contribution in [0.1, 0.15) is 5.56 Å². The minimum absolute atomic E-state index is 0.290. The minimum Gasteiger partial charge on any atom is -0.204 e. The van der Waals surface area contributed by atoms with E-state index >= 15 is 0 Å². The smallest absolute Gasteiger partial charge is 0.195 e. The second kappa shape index (κ2) is 3.65. The van der Waals surface area contributed by atoms with Gasteiger partial charge >= 0.3 is 0 Å².